The van der Waals surface area contributed by atoms with E-state index in [-0.39, 0.29) is 11.9 Å². The molecule has 1 saturated heterocycles. The molecule has 0 saturated carbocycles. The third kappa shape index (κ3) is 3.13. The summed E-state index contributed by atoms with van der Waals surface area (Å²) in [7, 11) is 0. The second-order valence-corrected chi connectivity index (χ2v) is 5.59. The molecule has 102 valence electrons. The zero-order valence-electron chi connectivity index (χ0n) is 11.5. The molecule has 0 aliphatic carbocycles. The van der Waals surface area contributed by atoms with Gasteiger partial charge in [-0.3, -0.25) is 9.69 Å². The number of aryl methyl sites for hydroxylation is 1. The first-order chi connectivity index (χ1) is 9.00. The Kier molecular flexibility index (Phi) is 3.88. The molecule has 0 radical (unpaired) electrons. The number of rotatable bonds is 4. The Bertz CT molecular complexity index is 468. The highest BCUT2D eigenvalue weighted by molar-refractivity contribution is 5.99. The summed E-state index contributed by atoms with van der Waals surface area (Å²) in [5.41, 5.74) is 0.729. The first kappa shape index (κ1) is 13.6. The van der Waals surface area contributed by atoms with E-state index >= 15 is 0 Å². The number of amides is 3. The van der Waals surface area contributed by atoms with Gasteiger partial charge in [0.05, 0.1) is 5.41 Å². The summed E-state index contributed by atoms with van der Waals surface area (Å²) in [5.74, 6) is -0.0793. The Labute approximate surface area is 113 Å². The van der Waals surface area contributed by atoms with Gasteiger partial charge in [-0.15, -0.1) is 0 Å². The molecule has 0 unspecified atom stereocenters. The molecule has 3 amide bonds. The van der Waals surface area contributed by atoms with Gasteiger partial charge in [0.2, 0.25) is 5.91 Å². The van der Waals surface area contributed by atoms with Gasteiger partial charge in [-0.05, 0) is 32.3 Å². The van der Waals surface area contributed by atoms with Crippen molar-refractivity contribution in [3.05, 3.63) is 35.9 Å². The van der Waals surface area contributed by atoms with E-state index in [1.165, 1.54) is 10.5 Å². The maximum absolute atomic E-state index is 12.2. The number of carbonyl (C=O) groups excluding carboxylic acids is 2. The summed E-state index contributed by atoms with van der Waals surface area (Å²) < 4.78 is 0. The van der Waals surface area contributed by atoms with Crippen molar-refractivity contribution in [3.8, 4) is 0 Å². The molecule has 0 bridgehead atoms. The van der Waals surface area contributed by atoms with Crippen LogP contribution < -0.4 is 5.32 Å². The number of carbonyl (C=O) groups is 2. The smallest absolute Gasteiger partial charge is 0.324 e. The van der Waals surface area contributed by atoms with Crippen LogP contribution in [-0.2, 0) is 11.2 Å². The topological polar surface area (TPSA) is 49.4 Å². The minimum atomic E-state index is -0.499. The molecule has 0 spiro atoms. The average Bonchev–Trinajstić information content (AvgIpc) is 2.40. The van der Waals surface area contributed by atoms with Crippen LogP contribution in [-0.4, -0.2) is 29.9 Å². The molecule has 1 aromatic carbocycles. The minimum absolute atomic E-state index is 0.0793. The van der Waals surface area contributed by atoms with Crippen LogP contribution in [0.2, 0.25) is 0 Å². The van der Waals surface area contributed by atoms with Crippen LogP contribution in [0, 0.1) is 5.41 Å². The predicted octanol–water partition coefficient (Wildman–Crippen LogP) is 2.20. The molecule has 4 heteroatoms. The van der Waals surface area contributed by atoms with Crippen LogP contribution in [0.3, 0.4) is 0 Å². The van der Waals surface area contributed by atoms with Crippen LogP contribution in [0.15, 0.2) is 30.3 Å². The minimum Gasteiger partial charge on any atom is -0.337 e. The first-order valence-electron chi connectivity index (χ1n) is 6.64. The van der Waals surface area contributed by atoms with E-state index in [1.54, 1.807) is 0 Å². The van der Waals surface area contributed by atoms with Crippen molar-refractivity contribution in [2.75, 3.05) is 13.1 Å². The Hall–Kier alpha value is -1.84. The van der Waals surface area contributed by atoms with Crippen molar-refractivity contribution in [2.45, 2.75) is 26.7 Å². The summed E-state index contributed by atoms with van der Waals surface area (Å²) in [6.45, 7) is 4.61. The highest BCUT2D eigenvalue weighted by Gasteiger charge is 2.39. The van der Waals surface area contributed by atoms with E-state index in [2.05, 4.69) is 17.4 Å². The van der Waals surface area contributed by atoms with Crippen molar-refractivity contribution in [3.63, 3.8) is 0 Å². The van der Waals surface area contributed by atoms with E-state index in [0.717, 1.165) is 12.8 Å². The maximum Gasteiger partial charge on any atom is 0.324 e. The number of nitrogens with zero attached hydrogens (tertiary/aromatic N) is 1. The number of hydrogen-bond donors (Lipinski definition) is 1. The van der Waals surface area contributed by atoms with Crippen molar-refractivity contribution in [2.24, 2.45) is 5.41 Å². The molecule has 1 aliphatic heterocycles. The highest BCUT2D eigenvalue weighted by Crippen LogP contribution is 2.22. The fraction of sp³-hybridized carbons (Fsp3) is 0.467. The Morgan fingerprint density at radius 3 is 2.58 bits per heavy atom. The molecule has 0 aromatic heterocycles. The third-order valence-corrected chi connectivity index (χ3v) is 3.44. The van der Waals surface area contributed by atoms with Crippen LogP contribution in [0.5, 0.6) is 0 Å². The molecule has 1 aliphatic rings. The van der Waals surface area contributed by atoms with Crippen LogP contribution in [0.4, 0.5) is 4.79 Å². The molecule has 1 N–H and O–H groups in total. The van der Waals surface area contributed by atoms with Gasteiger partial charge < -0.3 is 5.32 Å². The van der Waals surface area contributed by atoms with Crippen LogP contribution in [0.25, 0.3) is 0 Å². The maximum atomic E-state index is 12.2. The monoisotopic (exact) mass is 260 g/mol. The second-order valence-electron chi connectivity index (χ2n) is 5.59. The van der Waals surface area contributed by atoms with Crippen LogP contribution >= 0.6 is 0 Å². The zero-order valence-corrected chi connectivity index (χ0v) is 11.5. The van der Waals surface area contributed by atoms with Gasteiger partial charge in [-0.25, -0.2) is 4.79 Å². The predicted molar refractivity (Wildman–Crippen MR) is 73.7 cm³/mol. The Balaban J connectivity index is 1.91. The van der Waals surface area contributed by atoms with Gasteiger partial charge in [0, 0.05) is 13.1 Å². The molecular weight excluding hydrogens is 240 g/mol. The van der Waals surface area contributed by atoms with Crippen molar-refractivity contribution >= 4 is 11.9 Å². The molecule has 1 heterocycles. The Morgan fingerprint density at radius 2 is 1.89 bits per heavy atom. The van der Waals surface area contributed by atoms with E-state index in [1.807, 2.05) is 32.0 Å². The fourth-order valence-corrected chi connectivity index (χ4v) is 2.21. The number of imide groups is 1. The molecule has 4 nitrogen and oxygen atoms in total. The summed E-state index contributed by atoms with van der Waals surface area (Å²) in [6, 6.07) is 9.82. The standard InChI is InChI=1S/C15H20N2O2/c1-15(2)11-16-14(19)17(13(15)18)10-6-9-12-7-4-3-5-8-12/h3-5,7-8H,6,9-11H2,1-2H3,(H,16,19). The summed E-state index contributed by atoms with van der Waals surface area (Å²) in [4.78, 5) is 25.2. The molecular formula is C15H20N2O2. The fourth-order valence-electron chi connectivity index (χ4n) is 2.21. The van der Waals surface area contributed by atoms with Gasteiger partial charge >= 0.3 is 6.03 Å². The van der Waals surface area contributed by atoms with E-state index in [4.69, 9.17) is 0 Å². The quantitative estimate of drug-likeness (QED) is 0.902. The van der Waals surface area contributed by atoms with Gasteiger partial charge in [0.25, 0.3) is 0 Å². The van der Waals surface area contributed by atoms with Gasteiger partial charge in [0.1, 0.15) is 0 Å². The highest BCUT2D eigenvalue weighted by atomic mass is 16.2. The van der Waals surface area contributed by atoms with Crippen LogP contribution in [0.1, 0.15) is 25.8 Å². The normalized spacial score (nSPS) is 18.3. The van der Waals surface area contributed by atoms with Gasteiger partial charge in [-0.2, -0.15) is 0 Å². The molecule has 2 rings (SSSR count). The zero-order chi connectivity index (χ0) is 13.9. The summed E-state index contributed by atoms with van der Waals surface area (Å²) >= 11 is 0. The lowest BCUT2D eigenvalue weighted by Crippen LogP contribution is -2.58. The van der Waals surface area contributed by atoms with Crippen molar-refractivity contribution in [1.29, 1.82) is 0 Å². The number of urea groups is 1. The lowest BCUT2D eigenvalue weighted by atomic mass is 9.90. The largest absolute Gasteiger partial charge is 0.337 e. The molecule has 0 atom stereocenters. The van der Waals surface area contributed by atoms with Crippen molar-refractivity contribution in [1.82, 2.24) is 10.2 Å². The summed E-state index contributed by atoms with van der Waals surface area (Å²) in [6.07, 6.45) is 1.66. The first-order valence-corrected chi connectivity index (χ1v) is 6.64. The van der Waals surface area contributed by atoms with Crippen molar-refractivity contribution < 1.29 is 9.59 Å². The number of hydrogen-bond acceptors (Lipinski definition) is 2. The molecule has 1 fully saturated rings. The Morgan fingerprint density at radius 1 is 1.21 bits per heavy atom. The average molecular weight is 260 g/mol. The lowest BCUT2D eigenvalue weighted by Gasteiger charge is -2.36. The van der Waals surface area contributed by atoms with E-state index in [9.17, 15) is 9.59 Å². The number of nitrogens with one attached hydrogen (secondary N) is 1. The van der Waals surface area contributed by atoms with E-state index in [0.29, 0.717) is 13.1 Å². The number of benzene rings is 1. The third-order valence-electron chi connectivity index (χ3n) is 3.44. The van der Waals surface area contributed by atoms with Gasteiger partial charge in [-0.1, -0.05) is 30.3 Å². The van der Waals surface area contributed by atoms with E-state index < -0.39 is 5.41 Å². The molecule has 19 heavy (non-hydrogen) atoms. The van der Waals surface area contributed by atoms with Gasteiger partial charge in [0.15, 0.2) is 0 Å². The molecule has 1 aromatic rings. The SMILES string of the molecule is CC1(C)CNC(=O)N(CCCc2ccccc2)C1=O. The lowest BCUT2D eigenvalue weighted by molar-refractivity contribution is -0.138. The summed E-state index contributed by atoms with van der Waals surface area (Å²) in [5, 5.41) is 2.77. The second kappa shape index (κ2) is 5.43.